The molecule has 1 atom stereocenters. The third kappa shape index (κ3) is 3.85. The number of carbonyl (C=O) groups excluding carboxylic acids is 1. The maximum atomic E-state index is 12.5. The van der Waals surface area contributed by atoms with Gasteiger partial charge >= 0.3 is 12.1 Å². The minimum atomic E-state index is -1.07. The standard InChI is InChI=1S/C26H24N2O4/c29-25(30)24(15-28-13-17-7-1-2-8-18(17)14-28)27-26(31)32-16-23-21-11-5-3-9-19(21)20-10-4-6-12-22(20)23/h1-12,23-24H,13-16H2,(H,27,31)(H,29,30). The van der Waals surface area contributed by atoms with E-state index in [0.717, 1.165) is 22.3 Å². The number of carbonyl (C=O) groups is 2. The van der Waals surface area contributed by atoms with Crippen molar-refractivity contribution in [3.05, 3.63) is 95.1 Å². The molecule has 0 saturated carbocycles. The van der Waals surface area contributed by atoms with Crippen molar-refractivity contribution >= 4 is 12.1 Å². The zero-order chi connectivity index (χ0) is 22.1. The number of carboxylic acid groups (broad SMARTS) is 1. The third-order valence-electron chi connectivity index (χ3n) is 6.28. The average molecular weight is 428 g/mol. The maximum Gasteiger partial charge on any atom is 0.407 e. The molecule has 5 rings (SSSR count). The average Bonchev–Trinajstić information content (AvgIpc) is 3.35. The second kappa shape index (κ2) is 8.48. The number of ether oxygens (including phenoxy) is 1. The first kappa shape index (κ1) is 20.3. The quantitative estimate of drug-likeness (QED) is 0.621. The molecule has 1 unspecified atom stereocenters. The number of carboxylic acids is 1. The van der Waals surface area contributed by atoms with Crippen molar-refractivity contribution in [3.63, 3.8) is 0 Å². The first-order valence-electron chi connectivity index (χ1n) is 10.7. The van der Waals surface area contributed by atoms with Crippen molar-refractivity contribution in [2.45, 2.75) is 25.0 Å². The lowest BCUT2D eigenvalue weighted by molar-refractivity contribution is -0.139. The molecule has 2 aliphatic rings. The Hall–Kier alpha value is -3.64. The SMILES string of the molecule is O=C(NC(CN1Cc2ccccc2C1)C(=O)O)OCC1c2ccccc2-c2ccccc21. The van der Waals surface area contributed by atoms with Gasteiger partial charge in [0.05, 0.1) is 0 Å². The molecule has 0 fully saturated rings. The molecule has 6 heteroatoms. The molecule has 1 aliphatic heterocycles. The Morgan fingerprint density at radius 3 is 2.00 bits per heavy atom. The Balaban J connectivity index is 1.22. The van der Waals surface area contributed by atoms with Crippen LogP contribution in [0.1, 0.15) is 28.2 Å². The Labute approximate surface area is 186 Å². The minimum absolute atomic E-state index is 0.0653. The van der Waals surface area contributed by atoms with Crippen LogP contribution in [0, 0.1) is 0 Å². The van der Waals surface area contributed by atoms with E-state index in [2.05, 4.69) is 17.4 Å². The molecule has 162 valence electrons. The monoisotopic (exact) mass is 428 g/mol. The number of benzene rings is 3. The number of rotatable bonds is 6. The summed E-state index contributed by atoms with van der Waals surface area (Å²) in [5, 5.41) is 12.2. The summed E-state index contributed by atoms with van der Waals surface area (Å²) in [6.07, 6.45) is -0.712. The fourth-order valence-electron chi connectivity index (χ4n) is 4.76. The van der Waals surface area contributed by atoms with Gasteiger partial charge in [0.25, 0.3) is 0 Å². The lowest BCUT2D eigenvalue weighted by Gasteiger charge is -2.22. The molecule has 1 aliphatic carbocycles. The molecule has 0 bridgehead atoms. The topological polar surface area (TPSA) is 78.9 Å². The zero-order valence-corrected chi connectivity index (χ0v) is 17.5. The van der Waals surface area contributed by atoms with Crippen molar-refractivity contribution in [1.29, 1.82) is 0 Å². The Morgan fingerprint density at radius 2 is 1.44 bits per heavy atom. The number of amides is 1. The van der Waals surface area contributed by atoms with Crippen molar-refractivity contribution < 1.29 is 19.4 Å². The second-order valence-corrected chi connectivity index (χ2v) is 8.30. The van der Waals surface area contributed by atoms with Crippen LogP contribution < -0.4 is 5.32 Å². The van der Waals surface area contributed by atoms with E-state index in [1.54, 1.807) is 0 Å². The summed E-state index contributed by atoms with van der Waals surface area (Å²) >= 11 is 0. The molecule has 2 N–H and O–H groups in total. The number of nitrogens with one attached hydrogen (secondary N) is 1. The molecule has 32 heavy (non-hydrogen) atoms. The van der Waals surface area contributed by atoms with Gasteiger partial charge in [-0.2, -0.15) is 0 Å². The lowest BCUT2D eigenvalue weighted by Crippen LogP contribution is -2.47. The maximum absolute atomic E-state index is 12.5. The lowest BCUT2D eigenvalue weighted by atomic mass is 9.98. The van der Waals surface area contributed by atoms with E-state index < -0.39 is 18.1 Å². The van der Waals surface area contributed by atoms with Gasteiger partial charge in [0.1, 0.15) is 12.6 Å². The number of hydrogen-bond acceptors (Lipinski definition) is 4. The zero-order valence-electron chi connectivity index (χ0n) is 17.5. The van der Waals surface area contributed by atoms with Crippen molar-refractivity contribution in [2.75, 3.05) is 13.2 Å². The highest BCUT2D eigenvalue weighted by Crippen LogP contribution is 2.44. The Kier molecular flexibility index (Phi) is 5.37. The summed E-state index contributed by atoms with van der Waals surface area (Å²) in [4.78, 5) is 26.3. The summed E-state index contributed by atoms with van der Waals surface area (Å²) in [5.74, 6) is -1.14. The number of nitrogens with zero attached hydrogens (tertiary/aromatic N) is 1. The van der Waals surface area contributed by atoms with Crippen LogP contribution in [0.25, 0.3) is 11.1 Å². The molecule has 0 spiro atoms. The van der Waals surface area contributed by atoms with E-state index in [1.807, 2.05) is 65.6 Å². The molecule has 0 radical (unpaired) electrons. The van der Waals surface area contributed by atoms with Gasteiger partial charge in [-0.15, -0.1) is 0 Å². The number of fused-ring (bicyclic) bond motifs is 4. The second-order valence-electron chi connectivity index (χ2n) is 8.30. The van der Waals surface area contributed by atoms with Gasteiger partial charge in [-0.05, 0) is 33.4 Å². The molecule has 6 nitrogen and oxygen atoms in total. The van der Waals surface area contributed by atoms with E-state index in [-0.39, 0.29) is 19.1 Å². The number of alkyl carbamates (subject to hydrolysis) is 1. The number of hydrogen-bond donors (Lipinski definition) is 2. The molecule has 1 amide bonds. The first-order chi connectivity index (χ1) is 15.6. The van der Waals surface area contributed by atoms with E-state index in [1.165, 1.54) is 11.1 Å². The molecule has 3 aromatic carbocycles. The predicted molar refractivity (Wildman–Crippen MR) is 120 cm³/mol. The molecule has 0 saturated heterocycles. The first-order valence-corrected chi connectivity index (χ1v) is 10.7. The van der Waals surface area contributed by atoms with Crippen LogP contribution in [0.5, 0.6) is 0 Å². The van der Waals surface area contributed by atoms with Crippen molar-refractivity contribution in [2.24, 2.45) is 0 Å². The van der Waals surface area contributed by atoms with Crippen LogP contribution in [-0.4, -0.2) is 41.3 Å². The fraction of sp³-hybridized carbons (Fsp3) is 0.231. The highest BCUT2D eigenvalue weighted by atomic mass is 16.5. The van der Waals surface area contributed by atoms with Gasteiger partial charge in [0, 0.05) is 25.6 Å². The van der Waals surface area contributed by atoms with Crippen LogP contribution in [0.2, 0.25) is 0 Å². The summed E-state index contributed by atoms with van der Waals surface area (Å²) in [6.45, 7) is 1.72. The van der Waals surface area contributed by atoms with Gasteiger partial charge in [0.2, 0.25) is 0 Å². The molecular weight excluding hydrogens is 404 g/mol. The van der Waals surface area contributed by atoms with Crippen LogP contribution >= 0.6 is 0 Å². The number of aliphatic carboxylic acids is 1. The van der Waals surface area contributed by atoms with E-state index in [9.17, 15) is 14.7 Å². The van der Waals surface area contributed by atoms with E-state index >= 15 is 0 Å². The van der Waals surface area contributed by atoms with Gasteiger partial charge in [-0.25, -0.2) is 9.59 Å². The van der Waals surface area contributed by atoms with Crippen molar-refractivity contribution in [1.82, 2.24) is 10.2 Å². The smallest absolute Gasteiger partial charge is 0.407 e. The van der Waals surface area contributed by atoms with Crippen LogP contribution in [0.3, 0.4) is 0 Å². The van der Waals surface area contributed by atoms with E-state index in [4.69, 9.17) is 4.74 Å². The van der Waals surface area contributed by atoms with Gasteiger partial charge < -0.3 is 15.2 Å². The van der Waals surface area contributed by atoms with Gasteiger partial charge in [-0.3, -0.25) is 4.90 Å². The summed E-state index contributed by atoms with van der Waals surface area (Å²) in [6, 6.07) is 23.2. The molecule has 1 heterocycles. The predicted octanol–water partition coefficient (Wildman–Crippen LogP) is 3.99. The normalized spacial score (nSPS) is 15.5. The van der Waals surface area contributed by atoms with Crippen LogP contribution in [-0.2, 0) is 22.6 Å². The minimum Gasteiger partial charge on any atom is -0.480 e. The molecular formula is C26H24N2O4. The molecule has 3 aromatic rings. The Bertz CT molecular complexity index is 1110. The molecule has 0 aromatic heterocycles. The highest BCUT2D eigenvalue weighted by Gasteiger charge is 2.30. The summed E-state index contributed by atoms with van der Waals surface area (Å²) in [5.41, 5.74) is 6.91. The van der Waals surface area contributed by atoms with Gasteiger partial charge in [-0.1, -0.05) is 72.8 Å². The summed E-state index contributed by atoms with van der Waals surface area (Å²) in [7, 11) is 0. The largest absolute Gasteiger partial charge is 0.480 e. The van der Waals surface area contributed by atoms with Crippen LogP contribution in [0.15, 0.2) is 72.8 Å². The van der Waals surface area contributed by atoms with Gasteiger partial charge in [0.15, 0.2) is 0 Å². The van der Waals surface area contributed by atoms with Crippen molar-refractivity contribution in [3.8, 4) is 11.1 Å². The summed E-state index contributed by atoms with van der Waals surface area (Å²) < 4.78 is 5.51. The third-order valence-corrected chi connectivity index (χ3v) is 6.28. The van der Waals surface area contributed by atoms with E-state index in [0.29, 0.717) is 13.1 Å². The Morgan fingerprint density at radius 1 is 0.906 bits per heavy atom. The van der Waals surface area contributed by atoms with Crippen LogP contribution in [0.4, 0.5) is 4.79 Å². The highest BCUT2D eigenvalue weighted by molar-refractivity contribution is 5.81. The fourth-order valence-corrected chi connectivity index (χ4v) is 4.76.